The van der Waals surface area contributed by atoms with Gasteiger partial charge >= 0.3 is 6.18 Å². The summed E-state index contributed by atoms with van der Waals surface area (Å²) in [5, 5.41) is 9.40. The molecule has 0 unspecified atom stereocenters. The molecule has 3 heterocycles. The first-order valence-corrected chi connectivity index (χ1v) is 9.87. The van der Waals surface area contributed by atoms with E-state index in [2.05, 4.69) is 36.2 Å². The second kappa shape index (κ2) is 6.72. The van der Waals surface area contributed by atoms with Crippen LogP contribution in [-0.2, 0) is 0 Å². The number of aromatic nitrogens is 1. The zero-order valence-electron chi connectivity index (χ0n) is 14.6. The number of rotatable bonds is 3. The van der Waals surface area contributed by atoms with Crippen LogP contribution >= 0.6 is 22.7 Å². The lowest BCUT2D eigenvalue weighted by Crippen LogP contribution is -2.20. The van der Waals surface area contributed by atoms with E-state index in [0.717, 1.165) is 20.5 Å². The number of thiophene rings is 2. The molecule has 142 valence electrons. The van der Waals surface area contributed by atoms with E-state index in [4.69, 9.17) is 11.1 Å². The molecule has 0 radical (unpaired) electrons. The number of hydrogen-bond donors (Lipinski definition) is 2. The van der Waals surface area contributed by atoms with Gasteiger partial charge in [-0.2, -0.15) is 13.2 Å². The first kappa shape index (κ1) is 18.6. The number of nitrogens with zero attached hydrogens (tertiary/aromatic N) is 1. The highest BCUT2D eigenvalue weighted by atomic mass is 32.1. The van der Waals surface area contributed by atoms with Crippen LogP contribution in [0.4, 0.5) is 13.2 Å². The molecule has 0 aliphatic carbocycles. The number of nitrogens with one attached hydrogen (secondary N) is 1. The highest BCUT2D eigenvalue weighted by Crippen LogP contribution is 2.38. The van der Waals surface area contributed by atoms with Gasteiger partial charge in [0.1, 0.15) is 5.71 Å². The van der Waals surface area contributed by atoms with Crippen molar-refractivity contribution in [2.24, 2.45) is 5.73 Å². The molecule has 3 N–H and O–H groups in total. The molecule has 3 nitrogen and oxygen atoms in total. The van der Waals surface area contributed by atoms with Crippen molar-refractivity contribution in [3.63, 3.8) is 0 Å². The highest BCUT2D eigenvalue weighted by Gasteiger charge is 2.32. The smallest absolute Gasteiger partial charge is 0.397 e. The molecule has 0 saturated heterocycles. The average Bonchev–Trinajstić information content (AvgIpc) is 3.20. The standard InChI is InChI=1S/C20H14F3N3S2/c1-10-4-12-6-18-13(8-17(12)27-10)7-16(28-18)11-2-3-26-15(5-11)14(24)9-19(25)20(21,22)23/h2-9,25H,24H2,1H3/b14-9-,25-19?. The van der Waals surface area contributed by atoms with Gasteiger partial charge in [0.15, 0.2) is 0 Å². The number of aryl methyl sites for hydroxylation is 1. The number of hydrogen-bond acceptors (Lipinski definition) is 5. The van der Waals surface area contributed by atoms with Crippen LogP contribution in [0.15, 0.2) is 48.7 Å². The fraction of sp³-hybridized carbons (Fsp3) is 0.100. The average molecular weight is 417 g/mol. The molecule has 0 aliphatic heterocycles. The van der Waals surface area contributed by atoms with Gasteiger partial charge < -0.3 is 5.73 Å². The third kappa shape index (κ3) is 3.53. The van der Waals surface area contributed by atoms with E-state index >= 15 is 0 Å². The molecule has 0 aliphatic rings. The quantitative estimate of drug-likeness (QED) is 0.381. The van der Waals surface area contributed by atoms with Crippen LogP contribution in [0.2, 0.25) is 0 Å². The van der Waals surface area contributed by atoms with Gasteiger partial charge in [-0.1, -0.05) is 0 Å². The Morgan fingerprint density at radius 3 is 2.46 bits per heavy atom. The second-order valence-corrected chi connectivity index (χ2v) is 8.71. The second-order valence-electron chi connectivity index (χ2n) is 6.34. The molecule has 0 fully saturated rings. The third-order valence-electron chi connectivity index (χ3n) is 4.22. The summed E-state index contributed by atoms with van der Waals surface area (Å²) >= 11 is 3.35. The number of pyridine rings is 1. The van der Waals surface area contributed by atoms with Crippen molar-refractivity contribution in [3.8, 4) is 10.4 Å². The number of benzene rings is 1. The van der Waals surface area contributed by atoms with Crippen molar-refractivity contribution in [1.29, 1.82) is 5.41 Å². The van der Waals surface area contributed by atoms with Gasteiger partial charge in [0, 0.05) is 25.4 Å². The van der Waals surface area contributed by atoms with E-state index in [1.165, 1.54) is 21.2 Å². The van der Waals surface area contributed by atoms with Crippen LogP contribution in [-0.4, -0.2) is 16.9 Å². The molecule has 4 rings (SSSR count). The Kier molecular flexibility index (Phi) is 4.47. The SMILES string of the molecule is Cc1cc2cc3sc(-c4ccnc(/C(N)=C/C(=N)C(F)(F)F)c4)cc3cc2s1. The van der Waals surface area contributed by atoms with Gasteiger partial charge in [0.05, 0.1) is 11.4 Å². The first-order valence-electron chi connectivity index (χ1n) is 8.24. The van der Waals surface area contributed by atoms with Crippen molar-refractivity contribution < 1.29 is 13.2 Å². The number of fused-ring (bicyclic) bond motifs is 2. The van der Waals surface area contributed by atoms with Crippen LogP contribution in [0.1, 0.15) is 10.6 Å². The molecule has 3 aromatic heterocycles. The molecule has 0 bridgehead atoms. The number of alkyl halides is 3. The minimum Gasteiger partial charge on any atom is -0.397 e. The van der Waals surface area contributed by atoms with Crippen molar-refractivity contribution in [1.82, 2.24) is 4.98 Å². The Hall–Kier alpha value is -2.71. The van der Waals surface area contributed by atoms with Crippen molar-refractivity contribution in [2.75, 3.05) is 0 Å². The monoisotopic (exact) mass is 417 g/mol. The summed E-state index contributed by atoms with van der Waals surface area (Å²) in [6.45, 7) is 2.08. The van der Waals surface area contributed by atoms with Crippen molar-refractivity contribution in [3.05, 3.63) is 59.2 Å². The van der Waals surface area contributed by atoms with Crippen LogP contribution in [0, 0.1) is 12.3 Å². The molecule has 0 atom stereocenters. The first-order chi connectivity index (χ1) is 13.2. The Labute approximate surface area is 166 Å². The van der Waals surface area contributed by atoms with Crippen LogP contribution in [0.25, 0.3) is 36.3 Å². The summed E-state index contributed by atoms with van der Waals surface area (Å²) in [6.07, 6.45) is -2.64. The van der Waals surface area contributed by atoms with Crippen molar-refractivity contribution >= 4 is 54.3 Å². The number of nitrogens with two attached hydrogens (primary N) is 1. The van der Waals surface area contributed by atoms with Crippen LogP contribution < -0.4 is 5.73 Å². The molecular formula is C20H14F3N3S2. The fourth-order valence-corrected chi connectivity index (χ4v) is 4.94. The van der Waals surface area contributed by atoms with E-state index < -0.39 is 11.9 Å². The molecule has 0 saturated carbocycles. The van der Waals surface area contributed by atoms with Gasteiger partial charge in [-0.15, -0.1) is 22.7 Å². The summed E-state index contributed by atoms with van der Waals surface area (Å²) in [6, 6.07) is 12.0. The zero-order valence-corrected chi connectivity index (χ0v) is 16.2. The molecule has 4 aromatic rings. The fourth-order valence-electron chi connectivity index (χ4n) is 2.90. The van der Waals surface area contributed by atoms with E-state index in [1.807, 2.05) is 0 Å². The van der Waals surface area contributed by atoms with Gasteiger partial charge in [-0.3, -0.25) is 10.4 Å². The largest absolute Gasteiger partial charge is 0.432 e. The normalized spacial score (nSPS) is 12.8. The third-order valence-corrected chi connectivity index (χ3v) is 6.38. The lowest BCUT2D eigenvalue weighted by atomic mass is 10.1. The zero-order chi connectivity index (χ0) is 20.1. The summed E-state index contributed by atoms with van der Waals surface area (Å²) in [7, 11) is 0. The minimum absolute atomic E-state index is 0.193. The summed E-state index contributed by atoms with van der Waals surface area (Å²) in [5.41, 5.74) is 5.08. The van der Waals surface area contributed by atoms with E-state index in [0.29, 0.717) is 6.08 Å². The maximum atomic E-state index is 12.6. The summed E-state index contributed by atoms with van der Waals surface area (Å²) in [4.78, 5) is 6.29. The number of allylic oxidation sites excluding steroid dienone is 1. The summed E-state index contributed by atoms with van der Waals surface area (Å²) in [5.74, 6) is 0. The molecular weight excluding hydrogens is 403 g/mol. The van der Waals surface area contributed by atoms with Gasteiger partial charge in [0.2, 0.25) is 0 Å². The lowest BCUT2D eigenvalue weighted by molar-refractivity contribution is -0.0583. The van der Waals surface area contributed by atoms with Gasteiger partial charge in [-0.05, 0) is 65.7 Å². The molecule has 28 heavy (non-hydrogen) atoms. The topological polar surface area (TPSA) is 62.8 Å². The van der Waals surface area contributed by atoms with Crippen LogP contribution in [0.5, 0.6) is 0 Å². The molecule has 0 spiro atoms. The van der Waals surface area contributed by atoms with Gasteiger partial charge in [-0.25, -0.2) is 0 Å². The van der Waals surface area contributed by atoms with Gasteiger partial charge in [0.25, 0.3) is 0 Å². The Bertz CT molecular complexity index is 1200. The van der Waals surface area contributed by atoms with Crippen molar-refractivity contribution in [2.45, 2.75) is 13.1 Å². The maximum absolute atomic E-state index is 12.6. The van der Waals surface area contributed by atoms with Crippen LogP contribution in [0.3, 0.4) is 0 Å². The Morgan fingerprint density at radius 2 is 1.75 bits per heavy atom. The molecule has 8 heteroatoms. The predicted octanol–water partition coefficient (Wildman–Crippen LogP) is 6.37. The van der Waals surface area contributed by atoms with E-state index in [-0.39, 0.29) is 11.4 Å². The molecule has 1 aromatic carbocycles. The maximum Gasteiger partial charge on any atom is 0.432 e. The lowest BCUT2D eigenvalue weighted by Gasteiger charge is -2.06. The molecule has 0 amide bonds. The minimum atomic E-state index is -4.74. The summed E-state index contributed by atoms with van der Waals surface area (Å²) < 4.78 is 40.0. The Balaban J connectivity index is 1.73. The Morgan fingerprint density at radius 1 is 1.07 bits per heavy atom. The number of halogens is 3. The van der Waals surface area contributed by atoms with E-state index in [9.17, 15) is 13.2 Å². The highest BCUT2D eigenvalue weighted by molar-refractivity contribution is 7.23. The van der Waals surface area contributed by atoms with E-state index in [1.54, 1.807) is 34.8 Å². The predicted molar refractivity (Wildman–Crippen MR) is 111 cm³/mol.